The van der Waals surface area contributed by atoms with Gasteiger partial charge in [-0.25, -0.2) is 14.8 Å². The third-order valence-corrected chi connectivity index (χ3v) is 8.05. The van der Waals surface area contributed by atoms with Gasteiger partial charge in [0.25, 0.3) is 5.91 Å². The van der Waals surface area contributed by atoms with Crippen molar-refractivity contribution in [2.45, 2.75) is 64.5 Å². The van der Waals surface area contributed by atoms with E-state index in [9.17, 15) is 14.7 Å². The van der Waals surface area contributed by atoms with E-state index in [0.717, 1.165) is 36.6 Å². The zero-order valence-corrected chi connectivity index (χ0v) is 22.2. The molecule has 4 N–H and O–H groups in total. The number of hydrogen-bond acceptors (Lipinski definition) is 7. The topological polar surface area (TPSA) is 123 Å². The number of H-pyrrole nitrogens is 1. The lowest BCUT2D eigenvalue weighted by atomic mass is 9.99. The molecule has 0 spiro atoms. The number of amides is 1. The predicted octanol–water partition coefficient (Wildman–Crippen LogP) is 4.48. The minimum Gasteiger partial charge on any atom is -0.478 e. The highest BCUT2D eigenvalue weighted by Gasteiger charge is 2.32. The maximum Gasteiger partial charge on any atom is 0.337 e. The third-order valence-electron chi connectivity index (χ3n) is 6.57. The summed E-state index contributed by atoms with van der Waals surface area (Å²) in [5.41, 5.74) is 1.71. The van der Waals surface area contributed by atoms with Crippen molar-refractivity contribution >= 4 is 50.2 Å². The molecule has 1 aliphatic rings. The molecule has 0 radical (unpaired) electrons. The molecule has 1 saturated heterocycles. The number of hydrogen-bond donors (Lipinski definition) is 4. The molecule has 0 saturated carbocycles. The van der Waals surface area contributed by atoms with E-state index in [-0.39, 0.29) is 29.4 Å². The Balaban J connectivity index is 1.49. The van der Waals surface area contributed by atoms with Crippen LogP contribution in [0.15, 0.2) is 18.2 Å². The van der Waals surface area contributed by atoms with Crippen LogP contribution < -0.4 is 15.5 Å². The molecule has 2 unspecified atom stereocenters. The highest BCUT2D eigenvalue weighted by molar-refractivity contribution is 7.22. The van der Waals surface area contributed by atoms with Crippen LogP contribution in [0.4, 0.5) is 5.13 Å². The van der Waals surface area contributed by atoms with Crippen LogP contribution in [0.3, 0.4) is 0 Å². The minimum atomic E-state index is -0.951. The molecule has 0 aliphatic carbocycles. The molecular formula is C25H33ClN6O3S. The first-order valence-electron chi connectivity index (χ1n) is 12.6. The van der Waals surface area contributed by atoms with Crippen molar-refractivity contribution < 1.29 is 14.7 Å². The zero-order valence-electron chi connectivity index (χ0n) is 20.6. The second-order valence-corrected chi connectivity index (χ2v) is 10.4. The van der Waals surface area contributed by atoms with Gasteiger partial charge in [-0.1, -0.05) is 62.1 Å². The summed E-state index contributed by atoms with van der Waals surface area (Å²) in [6.07, 6.45) is 6.01. The SMILES string of the molecule is CCCCCCNC1CN(c2nc3cccc(C(=O)O)c3s2)CCC1NC(=O)c1nc(Cl)c(CC)[nH]1. The van der Waals surface area contributed by atoms with Gasteiger partial charge in [0.2, 0.25) is 0 Å². The summed E-state index contributed by atoms with van der Waals surface area (Å²) >= 11 is 7.54. The molecule has 2 atom stereocenters. The van der Waals surface area contributed by atoms with Gasteiger partial charge in [-0.05, 0) is 37.9 Å². The Morgan fingerprint density at radius 2 is 2.06 bits per heavy atom. The van der Waals surface area contributed by atoms with Gasteiger partial charge in [0.05, 0.1) is 21.5 Å². The first kappa shape index (κ1) is 26.4. The lowest BCUT2D eigenvalue weighted by molar-refractivity contribution is 0.0699. The van der Waals surface area contributed by atoms with Gasteiger partial charge in [-0.3, -0.25) is 4.79 Å². The van der Waals surface area contributed by atoms with E-state index in [1.807, 2.05) is 13.0 Å². The first-order chi connectivity index (χ1) is 17.4. The molecule has 36 heavy (non-hydrogen) atoms. The third kappa shape index (κ3) is 5.99. The van der Waals surface area contributed by atoms with E-state index in [4.69, 9.17) is 16.6 Å². The monoisotopic (exact) mass is 532 g/mol. The molecule has 11 heteroatoms. The van der Waals surface area contributed by atoms with Crippen molar-refractivity contribution in [3.8, 4) is 0 Å². The average Bonchev–Trinajstić information content (AvgIpc) is 3.47. The normalized spacial score (nSPS) is 18.0. The highest BCUT2D eigenvalue weighted by atomic mass is 35.5. The number of fused-ring (bicyclic) bond motifs is 1. The molecule has 2 aromatic heterocycles. The van der Waals surface area contributed by atoms with Crippen LogP contribution in [-0.4, -0.2) is 63.7 Å². The summed E-state index contributed by atoms with van der Waals surface area (Å²) in [7, 11) is 0. The largest absolute Gasteiger partial charge is 0.478 e. The number of piperidine rings is 1. The summed E-state index contributed by atoms with van der Waals surface area (Å²) in [4.78, 5) is 38.7. The van der Waals surface area contributed by atoms with Gasteiger partial charge in [0, 0.05) is 25.2 Å². The molecule has 1 aliphatic heterocycles. The van der Waals surface area contributed by atoms with Crippen LogP contribution in [0.5, 0.6) is 0 Å². The second kappa shape index (κ2) is 12.0. The average molecular weight is 533 g/mol. The fraction of sp³-hybridized carbons (Fsp3) is 0.520. The van der Waals surface area contributed by atoms with Gasteiger partial charge in [-0.2, -0.15) is 0 Å². The number of aromatic nitrogens is 3. The number of thiazole rings is 1. The summed E-state index contributed by atoms with van der Waals surface area (Å²) in [5, 5.41) is 17.5. The van der Waals surface area contributed by atoms with E-state index in [1.54, 1.807) is 12.1 Å². The fourth-order valence-corrected chi connectivity index (χ4v) is 5.92. The number of aromatic carboxylic acids is 1. The fourth-order valence-electron chi connectivity index (χ4n) is 4.55. The van der Waals surface area contributed by atoms with Gasteiger partial charge in [0.15, 0.2) is 16.1 Å². The Kier molecular flexibility index (Phi) is 8.81. The number of nitrogens with zero attached hydrogens (tertiary/aromatic N) is 3. The Morgan fingerprint density at radius 1 is 1.22 bits per heavy atom. The zero-order chi connectivity index (χ0) is 25.7. The lowest BCUT2D eigenvalue weighted by Crippen LogP contribution is -2.59. The Labute approximate surface area is 219 Å². The Hall–Kier alpha value is -2.69. The standard InChI is InChI=1S/C25H33ClN6O3S/c1-3-5-6-7-12-27-19-14-32(25-30-18-10-8-9-15(24(34)35)20(18)36-25)13-11-17(19)29-23(33)22-28-16(4-2)21(26)31-22/h8-10,17,19,27H,3-7,11-14H2,1-2H3,(H,28,31)(H,29,33)(H,34,35). The number of aryl methyl sites for hydroxylation is 1. The summed E-state index contributed by atoms with van der Waals surface area (Å²) < 4.78 is 0.681. The number of halogens is 1. The number of rotatable bonds is 11. The maximum absolute atomic E-state index is 13.0. The maximum atomic E-state index is 13.0. The van der Waals surface area contributed by atoms with Crippen LogP contribution in [-0.2, 0) is 6.42 Å². The minimum absolute atomic E-state index is 0.00589. The van der Waals surface area contributed by atoms with Crippen LogP contribution in [0.25, 0.3) is 10.2 Å². The van der Waals surface area contributed by atoms with Gasteiger partial charge in [0.1, 0.15) is 0 Å². The van der Waals surface area contributed by atoms with Crippen LogP contribution in [0.1, 0.15) is 72.6 Å². The van der Waals surface area contributed by atoms with E-state index in [1.165, 1.54) is 24.2 Å². The molecule has 1 aromatic carbocycles. The molecule has 3 heterocycles. The Morgan fingerprint density at radius 3 is 2.78 bits per heavy atom. The highest BCUT2D eigenvalue weighted by Crippen LogP contribution is 2.33. The van der Waals surface area contributed by atoms with E-state index in [0.29, 0.717) is 34.9 Å². The summed E-state index contributed by atoms with van der Waals surface area (Å²) in [6, 6.07) is 5.10. The molecule has 194 valence electrons. The number of aromatic amines is 1. The second-order valence-electron chi connectivity index (χ2n) is 9.10. The van der Waals surface area contributed by atoms with Crippen LogP contribution in [0, 0.1) is 0 Å². The number of carbonyl (C=O) groups excluding carboxylic acids is 1. The van der Waals surface area contributed by atoms with Crippen LogP contribution in [0.2, 0.25) is 5.15 Å². The van der Waals surface area contributed by atoms with Gasteiger partial charge in [-0.15, -0.1) is 0 Å². The number of carboxylic acids is 1. The van der Waals surface area contributed by atoms with Crippen molar-refractivity contribution in [3.05, 3.63) is 40.4 Å². The van der Waals surface area contributed by atoms with Crippen molar-refractivity contribution in [2.75, 3.05) is 24.5 Å². The van der Waals surface area contributed by atoms with Crippen molar-refractivity contribution in [2.24, 2.45) is 0 Å². The number of anilines is 1. The lowest BCUT2D eigenvalue weighted by Gasteiger charge is -2.39. The molecule has 3 aromatic rings. The van der Waals surface area contributed by atoms with Crippen molar-refractivity contribution in [1.29, 1.82) is 0 Å². The summed E-state index contributed by atoms with van der Waals surface area (Å²) in [6.45, 7) is 6.36. The quantitative estimate of drug-likeness (QED) is 0.268. The number of imidazole rings is 1. The molecule has 4 rings (SSSR count). The number of benzene rings is 1. The van der Waals surface area contributed by atoms with E-state index >= 15 is 0 Å². The number of carbonyl (C=O) groups is 2. The number of carboxylic acid groups (broad SMARTS) is 1. The molecule has 0 bridgehead atoms. The smallest absolute Gasteiger partial charge is 0.337 e. The van der Waals surface area contributed by atoms with Gasteiger partial charge >= 0.3 is 5.97 Å². The molecule has 1 amide bonds. The Bertz CT molecular complexity index is 1210. The molecular weight excluding hydrogens is 500 g/mol. The van der Waals surface area contributed by atoms with E-state index in [2.05, 4.69) is 32.4 Å². The van der Waals surface area contributed by atoms with Crippen LogP contribution >= 0.6 is 22.9 Å². The molecule has 9 nitrogen and oxygen atoms in total. The summed E-state index contributed by atoms with van der Waals surface area (Å²) in [5.74, 6) is -0.986. The predicted molar refractivity (Wildman–Crippen MR) is 144 cm³/mol. The number of unbranched alkanes of at least 4 members (excludes halogenated alkanes) is 3. The van der Waals surface area contributed by atoms with Gasteiger partial charge < -0.3 is 25.6 Å². The van der Waals surface area contributed by atoms with E-state index < -0.39 is 5.97 Å². The van der Waals surface area contributed by atoms with Crippen molar-refractivity contribution in [1.82, 2.24) is 25.6 Å². The molecule has 1 fully saturated rings. The first-order valence-corrected chi connectivity index (χ1v) is 13.8. The van der Waals surface area contributed by atoms with Crippen molar-refractivity contribution in [3.63, 3.8) is 0 Å². The number of nitrogens with one attached hydrogen (secondary N) is 3.